The van der Waals surface area contributed by atoms with E-state index in [1.807, 2.05) is 0 Å². The Kier molecular flexibility index (Phi) is 11.4. The van der Waals surface area contributed by atoms with Crippen LogP contribution in [0.2, 0.25) is 0 Å². The van der Waals surface area contributed by atoms with Gasteiger partial charge in [-0.1, -0.05) is 5.22 Å². The zero-order valence-electron chi connectivity index (χ0n) is 18.1. The molecule has 1 rings (SSSR count). The second kappa shape index (κ2) is 13.5. The molecule has 13 heteroatoms. The van der Waals surface area contributed by atoms with Crippen molar-refractivity contribution in [3.05, 3.63) is 0 Å². The molecular weight excluding hydrogens is 416 g/mol. The second-order valence-electron chi connectivity index (χ2n) is 6.78. The molecule has 0 aromatic rings. The lowest BCUT2D eigenvalue weighted by Crippen LogP contribution is -2.66. The third kappa shape index (κ3) is 9.70. The van der Waals surface area contributed by atoms with Crippen molar-refractivity contribution in [1.82, 2.24) is 5.32 Å². The summed E-state index contributed by atoms with van der Waals surface area (Å²) < 4.78 is 27.3. The molecule has 1 aliphatic heterocycles. The van der Waals surface area contributed by atoms with Gasteiger partial charge in [-0.3, -0.25) is 19.2 Å². The number of rotatable bonds is 11. The highest BCUT2D eigenvalue weighted by molar-refractivity contribution is 5.73. The smallest absolute Gasteiger partial charge is 0.303 e. The first-order valence-corrected chi connectivity index (χ1v) is 9.74. The van der Waals surface area contributed by atoms with Gasteiger partial charge in [-0.05, 0) is 12.8 Å². The normalized spacial score (nSPS) is 25.6. The Hall–Kier alpha value is -2.80. The molecule has 13 nitrogen and oxygen atoms in total. The number of amides is 1. The Labute approximate surface area is 179 Å². The number of hydrogen-bond donors (Lipinski definition) is 2. The molecule has 3 N–H and O–H groups in total. The lowest BCUT2D eigenvalue weighted by molar-refractivity contribution is -0.277. The third-order valence-corrected chi connectivity index (χ3v) is 4.09. The fourth-order valence-corrected chi connectivity index (χ4v) is 2.97. The minimum atomic E-state index is -1.15. The minimum absolute atomic E-state index is 0.214. The molecule has 1 aliphatic rings. The highest BCUT2D eigenvalue weighted by atomic mass is 16.7. The van der Waals surface area contributed by atoms with Crippen LogP contribution in [0.3, 0.4) is 0 Å². The van der Waals surface area contributed by atoms with Crippen molar-refractivity contribution in [1.29, 1.82) is 0 Å². The molecule has 1 fully saturated rings. The monoisotopic (exact) mass is 446 g/mol. The predicted octanol–water partition coefficient (Wildman–Crippen LogP) is -0.235. The lowest BCUT2D eigenvalue weighted by Gasteiger charge is -2.44. The van der Waals surface area contributed by atoms with E-state index in [4.69, 9.17) is 29.5 Å². The first kappa shape index (κ1) is 26.2. The average Bonchev–Trinajstić information content (AvgIpc) is 2.66. The molecule has 0 aromatic carbocycles. The van der Waals surface area contributed by atoms with Gasteiger partial charge in [0.1, 0.15) is 18.8 Å². The molecule has 1 amide bonds. The Balaban J connectivity index is 3.10. The van der Waals surface area contributed by atoms with Gasteiger partial charge < -0.3 is 34.8 Å². The maximum Gasteiger partial charge on any atom is 0.303 e. The van der Waals surface area contributed by atoms with Crippen molar-refractivity contribution in [2.24, 2.45) is 16.2 Å². The molecule has 0 aromatic heterocycles. The molecule has 1 saturated heterocycles. The molecular formula is C18H30N4O9. The van der Waals surface area contributed by atoms with Crippen molar-refractivity contribution in [3.8, 4) is 0 Å². The van der Waals surface area contributed by atoms with Gasteiger partial charge in [-0.2, -0.15) is 5.11 Å². The van der Waals surface area contributed by atoms with Crippen LogP contribution < -0.4 is 11.2 Å². The van der Waals surface area contributed by atoms with Gasteiger partial charge in [0.2, 0.25) is 5.91 Å². The third-order valence-electron chi connectivity index (χ3n) is 4.09. The van der Waals surface area contributed by atoms with Crippen LogP contribution in [0.5, 0.6) is 0 Å². The van der Waals surface area contributed by atoms with Crippen LogP contribution in [-0.4, -0.2) is 74.2 Å². The number of hydrogen-bond acceptors (Lipinski definition) is 11. The molecule has 5 atom stereocenters. The average molecular weight is 446 g/mol. The molecule has 0 saturated carbocycles. The summed E-state index contributed by atoms with van der Waals surface area (Å²) in [5.41, 5.74) is 0. The van der Waals surface area contributed by atoms with E-state index in [-0.39, 0.29) is 13.2 Å². The number of ether oxygens (including phenoxy) is 5. The first-order chi connectivity index (χ1) is 14.6. The van der Waals surface area contributed by atoms with E-state index < -0.39 is 54.5 Å². The molecule has 176 valence electrons. The van der Waals surface area contributed by atoms with Crippen LogP contribution in [-0.2, 0) is 42.9 Å². The molecule has 0 aliphatic carbocycles. The number of carbonyl (C=O) groups excluding carboxylic acids is 4. The number of carbonyl (C=O) groups is 4. The second-order valence-corrected chi connectivity index (χ2v) is 6.78. The fraction of sp³-hybridized carbons (Fsp3) is 0.778. The molecule has 31 heavy (non-hydrogen) atoms. The summed E-state index contributed by atoms with van der Waals surface area (Å²) in [6, 6.07) is -0.983. The molecule has 0 spiro atoms. The van der Waals surface area contributed by atoms with Crippen molar-refractivity contribution in [2.45, 2.75) is 71.2 Å². The van der Waals surface area contributed by atoms with Gasteiger partial charge in [0.25, 0.3) is 0 Å². The van der Waals surface area contributed by atoms with Gasteiger partial charge >= 0.3 is 17.9 Å². The van der Waals surface area contributed by atoms with E-state index in [9.17, 15) is 19.2 Å². The summed E-state index contributed by atoms with van der Waals surface area (Å²) in [6.07, 6.45) is -3.15. The maximum atomic E-state index is 11.8. The summed E-state index contributed by atoms with van der Waals surface area (Å²) in [5.74, 6) is 2.58. The fourth-order valence-electron chi connectivity index (χ4n) is 2.97. The highest BCUT2D eigenvalue weighted by Gasteiger charge is 2.51. The zero-order valence-corrected chi connectivity index (χ0v) is 18.1. The van der Waals surface area contributed by atoms with E-state index in [0.29, 0.717) is 19.4 Å². The minimum Gasteiger partial charge on any atom is -0.463 e. The van der Waals surface area contributed by atoms with E-state index in [1.54, 1.807) is 0 Å². The largest absolute Gasteiger partial charge is 0.463 e. The van der Waals surface area contributed by atoms with Gasteiger partial charge in [0.15, 0.2) is 18.5 Å². The van der Waals surface area contributed by atoms with Crippen LogP contribution in [0, 0.1) is 0 Å². The molecule has 0 bridgehead atoms. The Bertz CT molecular complexity index is 658. The Morgan fingerprint density at radius 1 is 0.968 bits per heavy atom. The van der Waals surface area contributed by atoms with Crippen molar-refractivity contribution in [2.75, 3.05) is 19.8 Å². The van der Waals surface area contributed by atoms with E-state index >= 15 is 0 Å². The predicted molar refractivity (Wildman–Crippen MR) is 103 cm³/mol. The Morgan fingerprint density at radius 3 is 2.16 bits per heavy atom. The SMILES string of the molecule is CC(=O)N[C@H]1[C@H](OCCCCN=NN)O[C@H](COC(C)=O)[C@@H](OC(C)=O)[C@@H]1OC(C)=O. The standard InChI is InChI=1S/C18H30N4O9/c1-10(23)21-15-17(30-13(4)26)16(29-12(3)25)14(9-28-11(2)24)31-18(15)27-8-6-5-7-20-22-19/h14-18H,5-9H2,1-4H3,(H2,19,20)(H,21,23)/t14-,15-,16-,17-,18-/m1/s1. The van der Waals surface area contributed by atoms with E-state index in [1.165, 1.54) is 27.7 Å². The van der Waals surface area contributed by atoms with Crippen LogP contribution in [0.25, 0.3) is 0 Å². The summed E-state index contributed by atoms with van der Waals surface area (Å²) in [6.45, 7) is 5.17. The molecule has 1 heterocycles. The lowest BCUT2D eigenvalue weighted by atomic mass is 9.96. The molecule has 0 unspecified atom stereocenters. The quantitative estimate of drug-likeness (QED) is 0.107. The first-order valence-electron chi connectivity index (χ1n) is 9.74. The number of nitrogens with one attached hydrogen (secondary N) is 1. The van der Waals surface area contributed by atoms with Crippen LogP contribution >= 0.6 is 0 Å². The van der Waals surface area contributed by atoms with Gasteiger partial charge in [0.05, 0.1) is 6.54 Å². The van der Waals surface area contributed by atoms with Gasteiger partial charge in [0, 0.05) is 34.3 Å². The van der Waals surface area contributed by atoms with Gasteiger partial charge in [-0.15, -0.1) is 0 Å². The number of unbranched alkanes of at least 4 members (excludes halogenated alkanes) is 1. The van der Waals surface area contributed by atoms with E-state index in [0.717, 1.165) is 0 Å². The van der Waals surface area contributed by atoms with Crippen molar-refractivity contribution < 1.29 is 42.9 Å². The summed E-state index contributed by atoms with van der Waals surface area (Å²) in [4.78, 5) is 46.5. The zero-order chi connectivity index (χ0) is 23.4. The highest BCUT2D eigenvalue weighted by Crippen LogP contribution is 2.28. The number of nitrogens with zero attached hydrogens (tertiary/aromatic N) is 2. The van der Waals surface area contributed by atoms with Gasteiger partial charge in [-0.25, -0.2) is 0 Å². The van der Waals surface area contributed by atoms with Crippen molar-refractivity contribution in [3.63, 3.8) is 0 Å². The summed E-state index contributed by atoms with van der Waals surface area (Å²) >= 11 is 0. The topological polar surface area (TPSA) is 177 Å². The summed E-state index contributed by atoms with van der Waals surface area (Å²) in [5, 5.41) is 9.43. The van der Waals surface area contributed by atoms with Crippen LogP contribution in [0.4, 0.5) is 0 Å². The van der Waals surface area contributed by atoms with E-state index in [2.05, 4.69) is 15.7 Å². The maximum absolute atomic E-state index is 11.8. The summed E-state index contributed by atoms with van der Waals surface area (Å²) in [7, 11) is 0. The van der Waals surface area contributed by atoms with Crippen molar-refractivity contribution >= 4 is 23.8 Å². The number of nitrogens with two attached hydrogens (primary N) is 1. The molecule has 0 radical (unpaired) electrons. The van der Waals surface area contributed by atoms with Crippen LogP contribution in [0.15, 0.2) is 10.3 Å². The van der Waals surface area contributed by atoms with Crippen LogP contribution in [0.1, 0.15) is 40.5 Å². The Morgan fingerprint density at radius 2 is 1.61 bits per heavy atom. The number of esters is 3.